The number of para-hydroxylation sites is 1. The number of sulfonamides is 1. The summed E-state index contributed by atoms with van der Waals surface area (Å²) < 4.78 is 29.3. The number of Topliss-reactive ketones (excluding diaryl/α,β-unsaturated/α-hetero) is 1. The second kappa shape index (κ2) is 7.46. The van der Waals surface area contributed by atoms with E-state index in [0.717, 1.165) is 5.56 Å². The Hall–Kier alpha value is -3.39. The van der Waals surface area contributed by atoms with Gasteiger partial charge in [-0.2, -0.15) is 0 Å². The molecule has 1 aliphatic heterocycles. The summed E-state index contributed by atoms with van der Waals surface area (Å²) in [6.07, 6.45) is 2.10. The Kier molecular flexibility index (Phi) is 4.95. The first-order chi connectivity index (χ1) is 14.3. The van der Waals surface area contributed by atoms with E-state index in [1.807, 2.05) is 18.2 Å². The third kappa shape index (κ3) is 3.50. The van der Waals surface area contributed by atoms with E-state index in [2.05, 4.69) is 5.32 Å². The van der Waals surface area contributed by atoms with Crippen LogP contribution in [0.25, 0.3) is 0 Å². The van der Waals surface area contributed by atoms with E-state index < -0.39 is 15.9 Å². The highest BCUT2D eigenvalue weighted by Gasteiger charge is 2.32. The second-order valence-electron chi connectivity index (χ2n) is 7.22. The van der Waals surface area contributed by atoms with Crippen molar-refractivity contribution in [2.45, 2.75) is 18.2 Å². The Morgan fingerprint density at radius 3 is 2.57 bits per heavy atom. The number of anilines is 2. The van der Waals surface area contributed by atoms with Gasteiger partial charge >= 0.3 is 0 Å². The molecule has 154 valence electrons. The first-order valence-electron chi connectivity index (χ1n) is 9.47. The molecule has 0 bridgehead atoms. The molecule has 0 saturated heterocycles. The van der Waals surface area contributed by atoms with Gasteiger partial charge in [0, 0.05) is 31.0 Å². The smallest absolute Gasteiger partial charge is 0.272 e. The molecule has 0 saturated carbocycles. The number of aromatic nitrogens is 1. The maximum atomic E-state index is 13.2. The Labute approximate surface area is 175 Å². The number of benzene rings is 2. The number of nitrogens with one attached hydrogen (secondary N) is 1. The van der Waals surface area contributed by atoms with Crippen molar-refractivity contribution in [3.05, 3.63) is 77.6 Å². The number of hydrogen-bond donors (Lipinski definition) is 1. The molecule has 0 spiro atoms. The fraction of sp³-hybridized carbons (Fsp3) is 0.182. The Morgan fingerprint density at radius 2 is 1.80 bits per heavy atom. The lowest BCUT2D eigenvalue weighted by atomic mass is 10.1. The number of carbonyl (C=O) groups excluding carboxylic acids is 2. The van der Waals surface area contributed by atoms with Crippen molar-refractivity contribution in [3.8, 4) is 0 Å². The predicted molar refractivity (Wildman–Crippen MR) is 114 cm³/mol. The molecule has 0 aliphatic carbocycles. The molecular weight excluding hydrogens is 402 g/mol. The summed E-state index contributed by atoms with van der Waals surface area (Å²) in [7, 11) is -2.17. The molecule has 0 unspecified atom stereocenters. The Balaban J connectivity index is 1.61. The quantitative estimate of drug-likeness (QED) is 0.638. The van der Waals surface area contributed by atoms with Crippen LogP contribution in [0.1, 0.15) is 33.3 Å². The van der Waals surface area contributed by atoms with E-state index >= 15 is 0 Å². The molecule has 1 N–H and O–H groups in total. The van der Waals surface area contributed by atoms with Gasteiger partial charge in [0.2, 0.25) is 0 Å². The van der Waals surface area contributed by atoms with Crippen molar-refractivity contribution < 1.29 is 18.0 Å². The Morgan fingerprint density at radius 1 is 1.03 bits per heavy atom. The van der Waals surface area contributed by atoms with Crippen LogP contribution >= 0.6 is 0 Å². The zero-order valence-corrected chi connectivity index (χ0v) is 17.4. The van der Waals surface area contributed by atoms with Gasteiger partial charge in [-0.3, -0.25) is 13.9 Å². The topological polar surface area (TPSA) is 88.5 Å². The highest BCUT2D eigenvalue weighted by Crippen LogP contribution is 2.33. The van der Waals surface area contributed by atoms with Crippen LogP contribution in [-0.2, 0) is 23.5 Å². The van der Waals surface area contributed by atoms with Crippen LogP contribution in [0.4, 0.5) is 11.4 Å². The van der Waals surface area contributed by atoms with Gasteiger partial charge in [-0.15, -0.1) is 0 Å². The lowest BCUT2D eigenvalue weighted by Crippen LogP contribution is -2.28. The molecule has 4 rings (SSSR count). The molecule has 2 aromatic carbocycles. The molecule has 3 aromatic rings. The average Bonchev–Trinajstić information content (AvgIpc) is 3.32. The zero-order valence-electron chi connectivity index (χ0n) is 16.6. The van der Waals surface area contributed by atoms with Gasteiger partial charge in [-0.1, -0.05) is 30.3 Å². The van der Waals surface area contributed by atoms with E-state index in [1.165, 1.54) is 28.1 Å². The number of fused-ring (bicyclic) bond motifs is 1. The molecule has 0 atom stereocenters. The van der Waals surface area contributed by atoms with E-state index in [1.54, 1.807) is 37.4 Å². The zero-order chi connectivity index (χ0) is 21.5. The maximum absolute atomic E-state index is 13.2. The van der Waals surface area contributed by atoms with Gasteiger partial charge in [0.05, 0.1) is 5.69 Å². The number of ketones is 1. The second-order valence-corrected chi connectivity index (χ2v) is 9.08. The first-order valence-corrected chi connectivity index (χ1v) is 10.9. The summed E-state index contributed by atoms with van der Waals surface area (Å²) in [5.41, 5.74) is 2.81. The summed E-state index contributed by atoms with van der Waals surface area (Å²) in [4.78, 5) is 24.4. The van der Waals surface area contributed by atoms with Gasteiger partial charge < -0.3 is 9.88 Å². The van der Waals surface area contributed by atoms with Gasteiger partial charge in [0.15, 0.2) is 5.78 Å². The number of hydrogen-bond acceptors (Lipinski definition) is 4. The minimum atomic E-state index is -3.79. The van der Waals surface area contributed by atoms with Gasteiger partial charge in [0.25, 0.3) is 15.9 Å². The molecule has 0 fully saturated rings. The number of carbonyl (C=O) groups is 2. The fourth-order valence-electron chi connectivity index (χ4n) is 3.60. The van der Waals surface area contributed by atoms with Crippen molar-refractivity contribution in [3.63, 3.8) is 0 Å². The van der Waals surface area contributed by atoms with Crippen LogP contribution in [0.15, 0.2) is 65.7 Å². The van der Waals surface area contributed by atoms with Gasteiger partial charge in [0.1, 0.15) is 10.6 Å². The molecule has 1 aromatic heterocycles. The number of amides is 1. The van der Waals surface area contributed by atoms with Crippen LogP contribution < -0.4 is 9.62 Å². The highest BCUT2D eigenvalue weighted by molar-refractivity contribution is 7.92. The molecule has 8 heteroatoms. The first kappa shape index (κ1) is 19.9. The summed E-state index contributed by atoms with van der Waals surface area (Å²) in [5.74, 6) is -0.564. The van der Waals surface area contributed by atoms with Crippen LogP contribution in [0.5, 0.6) is 0 Å². The molecule has 30 heavy (non-hydrogen) atoms. The third-order valence-electron chi connectivity index (χ3n) is 5.17. The molecule has 2 heterocycles. The van der Waals surface area contributed by atoms with E-state index in [-0.39, 0.29) is 16.4 Å². The molecule has 1 aliphatic rings. The molecule has 1 amide bonds. The average molecular weight is 423 g/mol. The minimum Gasteiger partial charge on any atom is -0.345 e. The monoisotopic (exact) mass is 423 g/mol. The standard InChI is InChI=1S/C22H21N3O4S/c1-15(26)17-7-5-8-18(12-17)23-22(27)21-13-19(14-24(21)2)30(28,29)25-11-10-16-6-3-4-9-20(16)25/h3-9,12-14H,10-11H2,1-2H3,(H,23,27). The lowest BCUT2D eigenvalue weighted by molar-refractivity contribution is 0.100. The predicted octanol–water partition coefficient (Wildman–Crippen LogP) is 3.23. The third-order valence-corrected chi connectivity index (χ3v) is 6.95. The Bertz CT molecular complexity index is 1260. The van der Waals surface area contributed by atoms with E-state index in [0.29, 0.717) is 29.9 Å². The van der Waals surface area contributed by atoms with Crippen LogP contribution in [-0.4, -0.2) is 31.2 Å². The van der Waals surface area contributed by atoms with Crippen molar-refractivity contribution in [2.75, 3.05) is 16.2 Å². The van der Waals surface area contributed by atoms with Crippen molar-refractivity contribution in [1.82, 2.24) is 4.57 Å². The summed E-state index contributed by atoms with van der Waals surface area (Å²) in [5, 5.41) is 2.72. The fourth-order valence-corrected chi connectivity index (χ4v) is 5.17. The molecular formula is C22H21N3O4S. The van der Waals surface area contributed by atoms with Crippen LogP contribution in [0, 0.1) is 0 Å². The van der Waals surface area contributed by atoms with Gasteiger partial charge in [-0.25, -0.2) is 8.42 Å². The van der Waals surface area contributed by atoms with E-state index in [9.17, 15) is 18.0 Å². The lowest BCUT2D eigenvalue weighted by Gasteiger charge is -2.18. The SMILES string of the molecule is CC(=O)c1cccc(NC(=O)c2cc(S(=O)(=O)N3CCc4ccccc43)cn2C)c1. The normalized spacial score (nSPS) is 13.2. The number of nitrogens with zero attached hydrogens (tertiary/aromatic N) is 2. The summed E-state index contributed by atoms with van der Waals surface area (Å²) >= 11 is 0. The summed E-state index contributed by atoms with van der Waals surface area (Å²) in [6.45, 7) is 1.82. The van der Waals surface area contributed by atoms with Gasteiger partial charge in [-0.05, 0) is 43.2 Å². The number of aryl methyl sites for hydroxylation is 1. The summed E-state index contributed by atoms with van der Waals surface area (Å²) in [6, 6.07) is 15.4. The molecule has 7 nitrogen and oxygen atoms in total. The van der Waals surface area contributed by atoms with Crippen molar-refractivity contribution >= 4 is 33.1 Å². The largest absolute Gasteiger partial charge is 0.345 e. The van der Waals surface area contributed by atoms with Crippen LogP contribution in [0.2, 0.25) is 0 Å². The van der Waals surface area contributed by atoms with E-state index in [4.69, 9.17) is 0 Å². The molecule has 0 radical (unpaired) electrons. The van der Waals surface area contributed by atoms with Crippen LogP contribution in [0.3, 0.4) is 0 Å². The van der Waals surface area contributed by atoms with Crippen molar-refractivity contribution in [1.29, 1.82) is 0 Å². The van der Waals surface area contributed by atoms with Crippen molar-refractivity contribution in [2.24, 2.45) is 7.05 Å². The highest BCUT2D eigenvalue weighted by atomic mass is 32.2. The maximum Gasteiger partial charge on any atom is 0.272 e. The number of rotatable bonds is 5. The minimum absolute atomic E-state index is 0.0596.